The fourth-order valence-electron chi connectivity index (χ4n) is 0.831. The van der Waals surface area contributed by atoms with Crippen LogP contribution < -0.4 is 0 Å². The Hall–Kier alpha value is 2.56. The van der Waals surface area contributed by atoms with Gasteiger partial charge in [-0.25, -0.2) is 54.8 Å². The fourth-order valence-corrected chi connectivity index (χ4v) is 7.48. The number of hydrogen-bond donors (Lipinski definition) is 24. The summed E-state index contributed by atoms with van der Waals surface area (Å²) in [6, 6.07) is 0. The molecule has 0 saturated carbocycles. The molecular formula is H25NaO42P12. The molecule has 55 heavy (non-hydrogen) atoms. The Labute approximate surface area is 320 Å². The summed E-state index contributed by atoms with van der Waals surface area (Å²) < 4.78 is 133. The average Bonchev–Trinajstić information content (AvgIpc) is 2.50. The molecule has 0 spiro atoms. The summed E-state index contributed by atoms with van der Waals surface area (Å²) in [5.41, 5.74) is 0. The van der Waals surface area contributed by atoms with E-state index in [1.165, 1.54) is 0 Å². The third-order valence-corrected chi connectivity index (χ3v) is 11.5. The molecule has 42 nitrogen and oxygen atoms in total. The Morgan fingerprint density at radius 2 is 0.200 bits per heavy atom. The van der Waals surface area contributed by atoms with E-state index < -0.39 is 93.9 Å². The second-order valence-electron chi connectivity index (χ2n) is 6.38. The van der Waals surface area contributed by atoms with Gasteiger partial charge in [-0.1, -0.05) is 0 Å². The van der Waals surface area contributed by atoms with Crippen LogP contribution in [0.5, 0.6) is 0 Å². The molecule has 0 aliphatic heterocycles. The predicted molar refractivity (Wildman–Crippen MR) is 158 cm³/mol. The van der Waals surface area contributed by atoms with E-state index in [0.29, 0.717) is 0 Å². The Bertz CT molecular complexity index is 1220. The molecule has 338 valence electrons. The number of hydrogen-bond acceptors (Lipinski definition) is 18. The first-order valence-corrected chi connectivity index (χ1v) is 27.5. The normalized spacial score (nSPS) is 13.5. The topological polar surface area (TPSA) is 746 Å². The quantitative estimate of drug-likeness (QED) is 0.0640. The van der Waals surface area contributed by atoms with Crippen LogP contribution in [0.15, 0.2) is 0 Å². The summed E-state index contributed by atoms with van der Waals surface area (Å²) in [5.74, 6) is 0. The summed E-state index contributed by atoms with van der Waals surface area (Å²) in [6.45, 7) is 0. The van der Waals surface area contributed by atoms with Gasteiger partial charge in [0, 0.05) is 0 Å². The third kappa shape index (κ3) is 113. The molecule has 0 bridgehead atoms. The van der Waals surface area contributed by atoms with E-state index in [9.17, 15) is 54.8 Å². The molecule has 0 fully saturated rings. The summed E-state index contributed by atoms with van der Waals surface area (Å²) in [6.07, 6.45) is 0. The van der Waals surface area contributed by atoms with Crippen molar-refractivity contribution < 1.29 is 198 Å². The van der Waals surface area contributed by atoms with Crippen LogP contribution in [0, 0.1) is 0 Å². The molecule has 0 aromatic heterocycles. The first-order valence-electron chi connectivity index (χ1n) is 9.18. The van der Waals surface area contributed by atoms with Gasteiger partial charge in [0.15, 0.2) is 0 Å². The zero-order chi connectivity index (χ0) is 46.2. The van der Waals surface area contributed by atoms with Crippen molar-refractivity contribution in [2.45, 2.75) is 0 Å². The van der Waals surface area contributed by atoms with Crippen LogP contribution in [-0.2, 0) is 80.6 Å². The van der Waals surface area contributed by atoms with Crippen LogP contribution in [0.2, 0.25) is 0 Å². The van der Waals surface area contributed by atoms with Crippen LogP contribution in [0.3, 0.4) is 0 Å². The second kappa shape index (κ2) is 26.9. The van der Waals surface area contributed by atoms with E-state index in [2.05, 4.69) is 25.9 Å². The van der Waals surface area contributed by atoms with E-state index in [1.54, 1.807) is 0 Å². The van der Waals surface area contributed by atoms with Gasteiger partial charge in [0.05, 0.1) is 0 Å². The Morgan fingerprint density at radius 1 is 0.164 bits per heavy atom. The molecule has 0 unspecified atom stereocenters. The second-order valence-corrected chi connectivity index (χ2v) is 22.1. The van der Waals surface area contributed by atoms with Gasteiger partial charge in [0.2, 0.25) is 0 Å². The molecule has 0 heterocycles. The minimum atomic E-state index is -5.05. The molecule has 0 aromatic rings. The first kappa shape index (κ1) is 72.0. The van der Waals surface area contributed by atoms with E-state index in [0.717, 1.165) is 0 Å². The zero-order valence-corrected chi connectivity index (χ0v) is 34.2. The summed E-state index contributed by atoms with van der Waals surface area (Å²) in [4.78, 5) is 186. The van der Waals surface area contributed by atoms with E-state index in [1.807, 2.05) is 0 Å². The minimum absolute atomic E-state index is 0. The van der Waals surface area contributed by atoms with Crippen molar-refractivity contribution in [3.05, 3.63) is 0 Å². The van der Waals surface area contributed by atoms with Crippen LogP contribution in [-0.4, -0.2) is 147 Å². The predicted octanol–water partition coefficient (Wildman–Crippen LogP) is -5.52. The maximum absolute atomic E-state index is 9.63. The van der Waals surface area contributed by atoms with Gasteiger partial charge in [0.25, 0.3) is 0 Å². The standard InChI is InChI=1S/Na.6H4O7P2.H/c;6*1-8(2,3)7-9(4,5)6;/h;6*(H2,1,2,3)(H2,4,5,6);. The van der Waals surface area contributed by atoms with Crippen molar-refractivity contribution in [1.82, 2.24) is 0 Å². The number of phosphoric acid groups is 12. The molecule has 0 aromatic carbocycles. The van der Waals surface area contributed by atoms with E-state index >= 15 is 0 Å². The Balaban J connectivity index is -0.000000100. The van der Waals surface area contributed by atoms with Gasteiger partial charge in [-0.05, 0) is 0 Å². The molecule has 55 heteroatoms. The van der Waals surface area contributed by atoms with Gasteiger partial charge in [-0.3, -0.25) is 0 Å². The molecule has 0 saturated heterocycles. The van der Waals surface area contributed by atoms with Crippen LogP contribution in [0.4, 0.5) is 0 Å². The summed E-state index contributed by atoms with van der Waals surface area (Å²) in [5, 5.41) is 0. The van der Waals surface area contributed by atoms with Crippen molar-refractivity contribution in [1.29, 1.82) is 0 Å². The molecule has 0 aliphatic rings. The zero-order valence-electron chi connectivity index (χ0n) is 23.4. The van der Waals surface area contributed by atoms with Gasteiger partial charge >= 0.3 is 123 Å². The van der Waals surface area contributed by atoms with Gasteiger partial charge in [0.1, 0.15) is 0 Å². The van der Waals surface area contributed by atoms with E-state index in [4.69, 9.17) is 117 Å². The molecule has 24 N–H and O–H groups in total. The monoisotopic (exact) mass is 1090 g/mol. The van der Waals surface area contributed by atoms with Crippen molar-refractivity contribution in [2.75, 3.05) is 0 Å². The third-order valence-electron chi connectivity index (χ3n) is 1.28. The van der Waals surface area contributed by atoms with Crippen molar-refractivity contribution >= 4 is 123 Å². The summed E-state index contributed by atoms with van der Waals surface area (Å²) >= 11 is 0. The first-order chi connectivity index (χ1) is 22.2. The molecule has 0 atom stereocenters. The molecule has 0 aliphatic carbocycles. The molecule has 0 amide bonds. The summed E-state index contributed by atoms with van der Waals surface area (Å²) in [7, 11) is -60.6. The SMILES string of the molecule is O=P(O)(O)OP(=O)(O)O.O=P(O)(O)OP(=O)(O)O.O=P(O)(O)OP(=O)(O)O.O=P(O)(O)OP(=O)(O)O.O=P(O)(O)OP(=O)(O)O.O=P(O)(O)OP(=O)(O)O.[NaH]. The fraction of sp³-hybridized carbons (Fsp3) is 0. The van der Waals surface area contributed by atoms with Crippen molar-refractivity contribution in [3.8, 4) is 0 Å². The molecule has 0 rings (SSSR count). The number of rotatable bonds is 12. The van der Waals surface area contributed by atoms with Crippen LogP contribution >= 0.6 is 93.9 Å². The molecule has 0 radical (unpaired) electrons. The molecular weight excluding hydrogens is 1070 g/mol. The van der Waals surface area contributed by atoms with Crippen molar-refractivity contribution in [2.24, 2.45) is 0 Å². The maximum atomic E-state index is 9.63. The van der Waals surface area contributed by atoms with Gasteiger partial charge in [-0.15, -0.1) is 0 Å². The van der Waals surface area contributed by atoms with Gasteiger partial charge in [-0.2, -0.15) is 25.9 Å². The van der Waals surface area contributed by atoms with Gasteiger partial charge < -0.3 is 117 Å². The Morgan fingerprint density at radius 3 is 0.200 bits per heavy atom. The average molecular weight is 1090 g/mol. The van der Waals surface area contributed by atoms with Crippen molar-refractivity contribution in [3.63, 3.8) is 0 Å². The van der Waals surface area contributed by atoms with Crippen LogP contribution in [0.25, 0.3) is 0 Å². The Kier molecular flexibility index (Phi) is 35.2. The van der Waals surface area contributed by atoms with E-state index in [-0.39, 0.29) is 29.6 Å². The van der Waals surface area contributed by atoms with Crippen LogP contribution in [0.1, 0.15) is 0 Å².